The number of phosphoric ester groups is 2. The molecule has 0 aromatic heterocycles. The average Bonchev–Trinajstić information content (AvgIpc) is 0.907. The minimum Gasteiger partial charge on any atom is -0.462 e. The first-order valence-corrected chi connectivity index (χ1v) is 42.1. The molecule has 0 rings (SSSR count). The number of aliphatic hydroxyl groups is 1. The predicted octanol–water partition coefficient (Wildman–Crippen LogP) is 22.7. The van der Waals surface area contributed by atoms with Crippen molar-refractivity contribution in [2.24, 2.45) is 0 Å². The van der Waals surface area contributed by atoms with Crippen LogP contribution in [-0.4, -0.2) is 96.7 Å². The molecule has 17 nitrogen and oxygen atoms in total. The third-order valence-corrected chi connectivity index (χ3v) is 17.7. The van der Waals surface area contributed by atoms with Crippen molar-refractivity contribution >= 4 is 39.5 Å². The summed E-state index contributed by atoms with van der Waals surface area (Å²) in [5.41, 5.74) is 0. The molecule has 0 amide bonds. The van der Waals surface area contributed by atoms with Gasteiger partial charge in [-0.3, -0.25) is 37.3 Å². The maximum Gasteiger partial charge on any atom is 0.472 e. The minimum atomic E-state index is -5.00. The van der Waals surface area contributed by atoms with Gasteiger partial charge in [0.25, 0.3) is 0 Å². The highest BCUT2D eigenvalue weighted by Crippen LogP contribution is 2.45. The molecule has 0 spiro atoms. The maximum atomic E-state index is 13.1. The van der Waals surface area contributed by atoms with E-state index in [0.29, 0.717) is 32.1 Å². The summed E-state index contributed by atoms with van der Waals surface area (Å²) < 4.78 is 68.4. The fraction of sp³-hybridized carbons (Fsp3) is 0.663. The number of carbonyl (C=O) groups is 4. The third-order valence-electron chi connectivity index (χ3n) is 15.7. The van der Waals surface area contributed by atoms with Gasteiger partial charge in [-0.05, 0) is 154 Å². The molecule has 0 heterocycles. The van der Waals surface area contributed by atoms with Crippen LogP contribution in [0.3, 0.4) is 0 Å². The van der Waals surface area contributed by atoms with Crippen molar-refractivity contribution in [2.75, 3.05) is 39.6 Å². The number of hydrogen-bond acceptors (Lipinski definition) is 15. The van der Waals surface area contributed by atoms with E-state index >= 15 is 0 Å². The molecule has 0 aromatic carbocycles. The van der Waals surface area contributed by atoms with E-state index in [-0.39, 0.29) is 25.7 Å². The number of esters is 4. The van der Waals surface area contributed by atoms with Gasteiger partial charge in [-0.1, -0.05) is 263 Å². The Balaban J connectivity index is 5.40. The van der Waals surface area contributed by atoms with Crippen molar-refractivity contribution in [2.45, 2.75) is 316 Å². The molecular formula is C83H138O17P2. The summed E-state index contributed by atoms with van der Waals surface area (Å²) in [5, 5.41) is 10.6. The molecule has 0 bridgehead atoms. The molecule has 0 saturated heterocycles. The molecule has 102 heavy (non-hydrogen) atoms. The Morgan fingerprint density at radius 1 is 0.284 bits per heavy atom. The number of rotatable bonds is 72. The van der Waals surface area contributed by atoms with Crippen LogP contribution in [0.25, 0.3) is 0 Å². The van der Waals surface area contributed by atoms with Gasteiger partial charge in [0, 0.05) is 25.7 Å². The van der Waals surface area contributed by atoms with Gasteiger partial charge in [-0.2, -0.15) is 0 Å². The van der Waals surface area contributed by atoms with Crippen molar-refractivity contribution in [3.05, 3.63) is 146 Å². The van der Waals surface area contributed by atoms with Crippen molar-refractivity contribution in [3.8, 4) is 0 Å². The van der Waals surface area contributed by atoms with E-state index in [2.05, 4.69) is 161 Å². The largest absolute Gasteiger partial charge is 0.472 e. The van der Waals surface area contributed by atoms with E-state index in [1.807, 2.05) is 12.2 Å². The Morgan fingerprint density at radius 2 is 0.539 bits per heavy atom. The second kappa shape index (κ2) is 74.2. The van der Waals surface area contributed by atoms with Gasteiger partial charge in [0.1, 0.15) is 19.3 Å². The first-order valence-electron chi connectivity index (χ1n) is 39.1. The maximum absolute atomic E-state index is 13.1. The average molecular weight is 1470 g/mol. The fourth-order valence-electron chi connectivity index (χ4n) is 9.87. The molecule has 0 aliphatic carbocycles. The topological polar surface area (TPSA) is 237 Å². The summed E-state index contributed by atoms with van der Waals surface area (Å²) in [7, 11) is -9.99. The zero-order valence-electron chi connectivity index (χ0n) is 63.5. The minimum absolute atomic E-state index is 0.0623. The Kier molecular flexibility index (Phi) is 70.5. The lowest BCUT2D eigenvalue weighted by Crippen LogP contribution is -2.30. The molecule has 5 unspecified atom stereocenters. The van der Waals surface area contributed by atoms with E-state index in [1.165, 1.54) is 25.7 Å². The van der Waals surface area contributed by atoms with Crippen molar-refractivity contribution in [3.63, 3.8) is 0 Å². The lowest BCUT2D eigenvalue weighted by Gasteiger charge is -2.21. The highest BCUT2D eigenvalue weighted by atomic mass is 31.2. The van der Waals surface area contributed by atoms with E-state index in [4.69, 9.17) is 37.0 Å². The monoisotopic (exact) mass is 1470 g/mol. The number of hydrogen-bond donors (Lipinski definition) is 3. The summed E-state index contributed by atoms with van der Waals surface area (Å²) in [6.07, 6.45) is 84.1. The lowest BCUT2D eigenvalue weighted by molar-refractivity contribution is -0.161. The summed E-state index contributed by atoms with van der Waals surface area (Å²) in [4.78, 5) is 72.9. The second-order valence-electron chi connectivity index (χ2n) is 25.5. The summed E-state index contributed by atoms with van der Waals surface area (Å²) >= 11 is 0. The molecule has 0 aliphatic heterocycles. The van der Waals surface area contributed by atoms with Crippen LogP contribution in [-0.2, 0) is 65.4 Å². The summed E-state index contributed by atoms with van der Waals surface area (Å²) in [6.45, 7) is 4.45. The SMILES string of the molecule is CC/C=C\C/C=C\C/C=C\C/C=C\C/C=C\CCCC(=O)OCC(COP(=O)(O)OCC(O)COP(=O)(O)OCC(COC(=O)CCCCCCCC/C=C\C/C=C\C/C=C\C/C=C\CC)OC(=O)CCCCCCC/C=C\CCCCCC)OC(=O)CCCCCCC/C=C\C/C=C\CCC. The molecule has 3 N–H and O–H groups in total. The number of ether oxygens (including phenoxy) is 4. The Morgan fingerprint density at radius 3 is 0.873 bits per heavy atom. The fourth-order valence-corrected chi connectivity index (χ4v) is 11.4. The van der Waals surface area contributed by atoms with Crippen LogP contribution >= 0.6 is 15.6 Å². The van der Waals surface area contributed by atoms with E-state index in [9.17, 15) is 43.2 Å². The number of aliphatic hydroxyl groups excluding tert-OH is 1. The highest BCUT2D eigenvalue weighted by molar-refractivity contribution is 7.47. The van der Waals surface area contributed by atoms with Gasteiger partial charge in [0.05, 0.1) is 26.4 Å². The van der Waals surface area contributed by atoms with E-state index < -0.39 is 97.5 Å². The van der Waals surface area contributed by atoms with Crippen LogP contribution in [0.2, 0.25) is 0 Å². The smallest absolute Gasteiger partial charge is 0.462 e. The second-order valence-corrected chi connectivity index (χ2v) is 28.4. The summed E-state index contributed by atoms with van der Waals surface area (Å²) in [6, 6.07) is 0. The van der Waals surface area contributed by atoms with Gasteiger partial charge in [0.15, 0.2) is 12.2 Å². The first-order chi connectivity index (χ1) is 49.7. The molecule has 0 radical (unpaired) electrons. The predicted molar refractivity (Wildman–Crippen MR) is 417 cm³/mol. The van der Waals surface area contributed by atoms with Crippen molar-refractivity contribution < 1.29 is 80.2 Å². The molecule has 0 fully saturated rings. The lowest BCUT2D eigenvalue weighted by atomic mass is 10.1. The first kappa shape index (κ1) is 96.9. The molecule has 0 saturated carbocycles. The summed E-state index contributed by atoms with van der Waals surface area (Å²) in [5.74, 6) is -2.29. The van der Waals surface area contributed by atoms with Crippen molar-refractivity contribution in [1.29, 1.82) is 0 Å². The quantitative estimate of drug-likeness (QED) is 0.0169. The van der Waals surface area contributed by atoms with Crippen molar-refractivity contribution in [1.82, 2.24) is 0 Å². The molecule has 0 aromatic rings. The molecular weight excluding hydrogens is 1330 g/mol. The van der Waals surface area contributed by atoms with Gasteiger partial charge in [-0.15, -0.1) is 0 Å². The number of carbonyl (C=O) groups excluding carboxylic acids is 4. The molecule has 19 heteroatoms. The zero-order chi connectivity index (χ0) is 74.6. The van der Waals surface area contributed by atoms with E-state index in [0.717, 1.165) is 186 Å². The molecule has 582 valence electrons. The van der Waals surface area contributed by atoms with Gasteiger partial charge < -0.3 is 33.8 Å². The van der Waals surface area contributed by atoms with Crippen LogP contribution in [0.1, 0.15) is 297 Å². The van der Waals surface area contributed by atoms with Crippen LogP contribution < -0.4 is 0 Å². The van der Waals surface area contributed by atoms with E-state index in [1.54, 1.807) is 0 Å². The molecule has 0 aliphatic rings. The van der Waals surface area contributed by atoms with Gasteiger partial charge in [0.2, 0.25) is 0 Å². The Bertz CT molecular complexity index is 2510. The third kappa shape index (κ3) is 73.3. The normalized spacial score (nSPS) is 14.7. The zero-order valence-corrected chi connectivity index (χ0v) is 65.3. The van der Waals surface area contributed by atoms with Crippen LogP contribution in [0.4, 0.5) is 0 Å². The Hall–Kier alpha value is -5.06. The highest BCUT2D eigenvalue weighted by Gasteiger charge is 2.30. The number of allylic oxidation sites excluding steroid dienone is 24. The standard InChI is InChI=1S/C83H138O17P2/c1-5-9-13-17-21-25-29-33-35-37-38-40-42-46-48-52-56-60-64-68-81(86)94-74-79(100-83(88)70-66-62-58-54-50-44-32-28-24-20-16-12-8-4)76-98-102(91,92)96-72-77(84)71-95-101(89,90)97-75-78(99-82(87)69-65-61-57-53-49-43-31-27-23-19-15-11-7-3)73-93-80(85)67-63-59-55-51-47-45-41-39-36-34-30-26-22-18-14-10-6-2/h9-10,13-15,19,21-22,25-28,31-36,38,40-41,45,51,55,77-79,84H,5-8,11-12,16-18,20,23-24,29-30,37,39,42-44,46-50,52-54,56-76H2,1-4H3,(H,89,90)(H,91,92)/b13-9-,14-10-,19-15-,25-21-,26-22-,31-27-,32-28-,35-33-,36-34-,40-38-,45-41-,55-51-. The van der Waals surface area contributed by atoms with Crippen LogP contribution in [0.5, 0.6) is 0 Å². The van der Waals surface area contributed by atoms with Gasteiger partial charge in [-0.25, -0.2) is 9.13 Å². The Labute approximate surface area is 617 Å². The van der Waals surface area contributed by atoms with Crippen LogP contribution in [0, 0.1) is 0 Å². The number of phosphoric acid groups is 2. The van der Waals surface area contributed by atoms with Gasteiger partial charge >= 0.3 is 39.5 Å². The molecule has 5 atom stereocenters. The number of unbranched alkanes of at least 4 members (excludes halogenated alkanes) is 22. The van der Waals surface area contributed by atoms with Crippen LogP contribution in [0.15, 0.2) is 146 Å².